The van der Waals surface area contributed by atoms with Crippen LogP contribution in [-0.4, -0.2) is 70.6 Å². The number of fused-ring (bicyclic) bond motifs is 2. The minimum absolute atomic E-state index is 0.0295. The van der Waals surface area contributed by atoms with Crippen molar-refractivity contribution in [1.82, 2.24) is 15.5 Å². The average Bonchev–Trinajstić information content (AvgIpc) is 3.50. The van der Waals surface area contributed by atoms with Gasteiger partial charge in [-0.25, -0.2) is 0 Å². The first-order valence-corrected chi connectivity index (χ1v) is 14.2. The monoisotopic (exact) mass is 590 g/mol. The first-order chi connectivity index (χ1) is 19.1. The van der Waals surface area contributed by atoms with Gasteiger partial charge >= 0.3 is 5.97 Å². The molecule has 1 aromatic carbocycles. The number of halogens is 1. The molecular formula is C29H39ClN4O7. The van der Waals surface area contributed by atoms with Crippen molar-refractivity contribution >= 4 is 53.2 Å². The van der Waals surface area contributed by atoms with Crippen LogP contribution in [0.2, 0.25) is 5.02 Å². The molecule has 2 aliphatic rings. The second-order valence-electron chi connectivity index (χ2n) is 12.2. The van der Waals surface area contributed by atoms with Crippen molar-refractivity contribution in [1.29, 1.82) is 0 Å². The molecule has 1 saturated carbocycles. The van der Waals surface area contributed by atoms with Crippen LogP contribution in [0.25, 0.3) is 0 Å². The minimum Gasteiger partial charge on any atom is -0.481 e. The van der Waals surface area contributed by atoms with E-state index in [0.29, 0.717) is 18.4 Å². The number of rotatable bonds is 11. The lowest BCUT2D eigenvalue weighted by molar-refractivity contribution is -0.149. The molecule has 5 unspecified atom stereocenters. The van der Waals surface area contributed by atoms with Crippen molar-refractivity contribution in [3.8, 4) is 0 Å². The lowest BCUT2D eigenvalue weighted by atomic mass is 9.79. The second-order valence-corrected chi connectivity index (χ2v) is 12.6. The highest BCUT2D eigenvalue weighted by Crippen LogP contribution is 2.44. The quantitative estimate of drug-likeness (QED) is 0.288. The normalized spacial score (nSPS) is 21.2. The SMILES string of the molecule is CC(C)C(=O)Nc1cccc(C(=O)NCC(C(=O)N2C3CCC(C3)C2C(=O)NC(C=O)CC(=O)O)C(C)(C)C)c1Cl. The van der Waals surface area contributed by atoms with Crippen LogP contribution in [0, 0.1) is 23.2 Å². The van der Waals surface area contributed by atoms with Gasteiger partial charge in [-0.3, -0.25) is 24.0 Å². The first-order valence-electron chi connectivity index (χ1n) is 13.8. The van der Waals surface area contributed by atoms with Gasteiger partial charge in [0.2, 0.25) is 17.7 Å². The number of amides is 4. The second kappa shape index (κ2) is 13.0. The first kappa shape index (κ1) is 32.0. The third-order valence-electron chi connectivity index (χ3n) is 7.83. The zero-order chi connectivity index (χ0) is 30.6. The van der Waals surface area contributed by atoms with Gasteiger partial charge in [0.05, 0.1) is 34.7 Å². The van der Waals surface area contributed by atoms with Crippen molar-refractivity contribution in [2.45, 2.75) is 78.4 Å². The summed E-state index contributed by atoms with van der Waals surface area (Å²) in [5.74, 6) is -3.91. The summed E-state index contributed by atoms with van der Waals surface area (Å²) in [6, 6.07) is 2.54. The topological polar surface area (TPSA) is 162 Å². The summed E-state index contributed by atoms with van der Waals surface area (Å²) < 4.78 is 0. The third-order valence-corrected chi connectivity index (χ3v) is 8.24. The predicted molar refractivity (Wildman–Crippen MR) is 152 cm³/mol. The third kappa shape index (κ3) is 7.44. The van der Waals surface area contributed by atoms with E-state index in [1.54, 1.807) is 30.9 Å². The Morgan fingerprint density at radius 3 is 2.41 bits per heavy atom. The molecule has 3 rings (SSSR count). The number of carbonyl (C=O) groups is 6. The number of aliphatic carboxylic acids is 1. The molecule has 0 spiro atoms. The highest BCUT2D eigenvalue weighted by Gasteiger charge is 2.53. The molecule has 2 bridgehead atoms. The maximum absolute atomic E-state index is 14.0. The molecule has 11 nitrogen and oxygen atoms in total. The highest BCUT2D eigenvalue weighted by atomic mass is 35.5. The largest absolute Gasteiger partial charge is 0.481 e. The summed E-state index contributed by atoms with van der Waals surface area (Å²) in [5, 5.41) is 17.1. The van der Waals surface area contributed by atoms with Crippen LogP contribution in [-0.2, 0) is 24.0 Å². The Labute approximate surface area is 244 Å². The Hall–Kier alpha value is -3.47. The van der Waals surface area contributed by atoms with Gasteiger partial charge in [-0.05, 0) is 42.7 Å². The van der Waals surface area contributed by atoms with E-state index in [-0.39, 0.29) is 46.8 Å². The molecule has 224 valence electrons. The van der Waals surface area contributed by atoms with Crippen LogP contribution in [0.15, 0.2) is 18.2 Å². The molecule has 0 radical (unpaired) electrons. The van der Waals surface area contributed by atoms with E-state index in [9.17, 15) is 28.8 Å². The van der Waals surface area contributed by atoms with Gasteiger partial charge in [-0.2, -0.15) is 0 Å². The number of likely N-dealkylation sites (tertiary alicyclic amines) is 1. The summed E-state index contributed by atoms with van der Waals surface area (Å²) in [5.41, 5.74) is -0.150. The van der Waals surface area contributed by atoms with E-state index in [2.05, 4.69) is 16.0 Å². The molecule has 1 saturated heterocycles. The summed E-state index contributed by atoms with van der Waals surface area (Å²) in [6.45, 7) is 9.06. The Morgan fingerprint density at radius 2 is 1.83 bits per heavy atom. The number of hydrogen-bond donors (Lipinski definition) is 4. The highest BCUT2D eigenvalue weighted by molar-refractivity contribution is 6.36. The maximum Gasteiger partial charge on any atom is 0.305 e. The van der Waals surface area contributed by atoms with Gasteiger partial charge in [0.1, 0.15) is 12.3 Å². The molecule has 0 aromatic heterocycles. The Morgan fingerprint density at radius 1 is 1.15 bits per heavy atom. The lowest BCUT2D eigenvalue weighted by Crippen LogP contribution is -2.58. The molecule has 41 heavy (non-hydrogen) atoms. The van der Waals surface area contributed by atoms with Crippen LogP contribution >= 0.6 is 11.6 Å². The smallest absolute Gasteiger partial charge is 0.305 e. The molecule has 2 fully saturated rings. The van der Waals surface area contributed by atoms with Gasteiger partial charge in [0, 0.05) is 18.5 Å². The van der Waals surface area contributed by atoms with E-state index in [0.717, 1.165) is 12.8 Å². The van der Waals surface area contributed by atoms with Crippen molar-refractivity contribution in [2.75, 3.05) is 11.9 Å². The van der Waals surface area contributed by atoms with Crippen LogP contribution < -0.4 is 16.0 Å². The number of aldehydes is 1. The van der Waals surface area contributed by atoms with Crippen molar-refractivity contribution in [3.63, 3.8) is 0 Å². The van der Waals surface area contributed by atoms with Crippen LogP contribution in [0.3, 0.4) is 0 Å². The zero-order valence-electron chi connectivity index (χ0n) is 24.0. The van der Waals surface area contributed by atoms with Crippen LogP contribution in [0.4, 0.5) is 5.69 Å². The van der Waals surface area contributed by atoms with Crippen molar-refractivity contribution in [2.24, 2.45) is 23.2 Å². The Balaban J connectivity index is 1.78. The average molecular weight is 591 g/mol. The molecule has 4 N–H and O–H groups in total. The number of hydrogen-bond acceptors (Lipinski definition) is 6. The number of carboxylic acid groups (broad SMARTS) is 1. The Bertz CT molecular complexity index is 1210. The number of nitrogens with zero attached hydrogens (tertiary/aromatic N) is 1. The van der Waals surface area contributed by atoms with Gasteiger partial charge < -0.3 is 30.8 Å². The van der Waals surface area contributed by atoms with E-state index >= 15 is 0 Å². The zero-order valence-corrected chi connectivity index (χ0v) is 24.8. The van der Waals surface area contributed by atoms with Gasteiger partial charge in [0.15, 0.2) is 0 Å². The molecule has 1 aliphatic heterocycles. The molecular weight excluding hydrogens is 552 g/mol. The van der Waals surface area contributed by atoms with E-state index in [1.807, 2.05) is 20.8 Å². The summed E-state index contributed by atoms with van der Waals surface area (Å²) in [7, 11) is 0. The summed E-state index contributed by atoms with van der Waals surface area (Å²) in [4.78, 5) is 76.6. The standard InChI is InChI=1S/C29H39ClN4O7/c1-15(2)25(38)33-21-8-6-7-19(23(21)30)26(39)31-13-20(29(3,4)5)28(41)34-18-10-9-16(11-18)24(34)27(40)32-17(14-35)12-22(36)37/h6-8,14-18,20,24H,9-13H2,1-5H3,(H,31,39)(H,32,40)(H,33,38)(H,36,37). The number of benzene rings is 1. The van der Waals surface area contributed by atoms with Crippen LogP contribution in [0.1, 0.15) is 70.7 Å². The molecule has 1 aromatic rings. The number of nitrogens with one attached hydrogen (secondary N) is 3. The van der Waals surface area contributed by atoms with E-state index in [4.69, 9.17) is 16.7 Å². The van der Waals surface area contributed by atoms with Gasteiger partial charge in [-0.1, -0.05) is 52.3 Å². The van der Waals surface area contributed by atoms with Gasteiger partial charge in [-0.15, -0.1) is 0 Å². The number of carbonyl (C=O) groups excluding carboxylic acids is 5. The summed E-state index contributed by atoms with van der Waals surface area (Å²) >= 11 is 6.45. The molecule has 1 aliphatic carbocycles. The van der Waals surface area contributed by atoms with Crippen molar-refractivity contribution in [3.05, 3.63) is 28.8 Å². The van der Waals surface area contributed by atoms with Gasteiger partial charge in [0.25, 0.3) is 5.91 Å². The number of anilines is 1. The van der Waals surface area contributed by atoms with E-state index in [1.165, 1.54) is 6.07 Å². The van der Waals surface area contributed by atoms with E-state index < -0.39 is 47.6 Å². The van der Waals surface area contributed by atoms with Crippen molar-refractivity contribution < 1.29 is 33.9 Å². The Kier molecular flexibility index (Phi) is 10.2. The number of piperidine rings is 1. The number of carboxylic acids is 1. The minimum atomic E-state index is -1.22. The molecule has 5 atom stereocenters. The summed E-state index contributed by atoms with van der Waals surface area (Å²) in [6.07, 6.45) is 1.96. The lowest BCUT2D eigenvalue weighted by Gasteiger charge is -2.40. The fourth-order valence-electron chi connectivity index (χ4n) is 5.55. The predicted octanol–water partition coefficient (Wildman–Crippen LogP) is 2.86. The molecule has 1 heterocycles. The maximum atomic E-state index is 14.0. The van der Waals surface area contributed by atoms with Crippen LogP contribution in [0.5, 0.6) is 0 Å². The fraction of sp³-hybridized carbons (Fsp3) is 0.586. The fourth-order valence-corrected chi connectivity index (χ4v) is 5.81. The molecule has 4 amide bonds. The molecule has 12 heteroatoms.